The molecule has 1 atom stereocenters. The van der Waals surface area contributed by atoms with Crippen molar-refractivity contribution in [3.8, 4) is 22.6 Å². The molecule has 104 valence electrons. The van der Waals surface area contributed by atoms with Crippen molar-refractivity contribution < 1.29 is 9.47 Å². The first-order valence-corrected chi connectivity index (χ1v) is 6.86. The van der Waals surface area contributed by atoms with Crippen molar-refractivity contribution in [1.29, 1.82) is 0 Å². The van der Waals surface area contributed by atoms with Crippen LogP contribution in [0.1, 0.15) is 11.1 Å². The first-order valence-electron chi connectivity index (χ1n) is 6.86. The van der Waals surface area contributed by atoms with Gasteiger partial charge in [0.15, 0.2) is 0 Å². The standard InChI is InChI=1S/C17H19NO2/c1-11-7-13-9-15(10-18)20-17(13)16(8-11)12-3-5-14(19-2)6-4-12/h3-8,15H,9-10,18H2,1-2H3. The van der Waals surface area contributed by atoms with Crippen LogP contribution in [-0.4, -0.2) is 19.8 Å². The lowest BCUT2D eigenvalue weighted by atomic mass is 9.98. The summed E-state index contributed by atoms with van der Waals surface area (Å²) in [6.45, 7) is 2.67. The van der Waals surface area contributed by atoms with Gasteiger partial charge < -0.3 is 15.2 Å². The molecule has 3 nitrogen and oxygen atoms in total. The van der Waals surface area contributed by atoms with Crippen LogP contribution >= 0.6 is 0 Å². The van der Waals surface area contributed by atoms with Gasteiger partial charge in [-0.3, -0.25) is 0 Å². The summed E-state index contributed by atoms with van der Waals surface area (Å²) in [6, 6.07) is 12.4. The number of rotatable bonds is 3. The Labute approximate surface area is 119 Å². The second-order valence-corrected chi connectivity index (χ2v) is 5.21. The van der Waals surface area contributed by atoms with E-state index in [0.29, 0.717) is 6.54 Å². The predicted molar refractivity (Wildman–Crippen MR) is 80.3 cm³/mol. The number of hydrogen-bond acceptors (Lipinski definition) is 3. The molecule has 0 bridgehead atoms. The van der Waals surface area contributed by atoms with Crippen LogP contribution in [0.2, 0.25) is 0 Å². The summed E-state index contributed by atoms with van der Waals surface area (Å²) < 4.78 is 11.2. The van der Waals surface area contributed by atoms with Crippen molar-refractivity contribution in [2.24, 2.45) is 5.73 Å². The van der Waals surface area contributed by atoms with E-state index in [1.54, 1.807) is 7.11 Å². The molecular weight excluding hydrogens is 250 g/mol. The van der Waals surface area contributed by atoms with E-state index in [9.17, 15) is 0 Å². The maximum atomic E-state index is 6.00. The molecule has 20 heavy (non-hydrogen) atoms. The lowest BCUT2D eigenvalue weighted by Crippen LogP contribution is -2.24. The molecule has 0 aromatic heterocycles. The van der Waals surface area contributed by atoms with E-state index in [1.807, 2.05) is 12.1 Å². The van der Waals surface area contributed by atoms with Crippen molar-refractivity contribution in [2.75, 3.05) is 13.7 Å². The third-order valence-corrected chi connectivity index (χ3v) is 3.71. The SMILES string of the molecule is COc1ccc(-c2cc(C)cc3c2OC(CN)C3)cc1. The number of nitrogens with two attached hydrogens (primary N) is 1. The molecule has 1 aliphatic heterocycles. The molecule has 2 aromatic carbocycles. The van der Waals surface area contributed by atoms with Gasteiger partial charge in [0.05, 0.1) is 7.11 Å². The molecule has 2 N–H and O–H groups in total. The van der Waals surface area contributed by atoms with E-state index >= 15 is 0 Å². The van der Waals surface area contributed by atoms with Crippen LogP contribution in [0.4, 0.5) is 0 Å². The van der Waals surface area contributed by atoms with Gasteiger partial charge in [0.2, 0.25) is 0 Å². The van der Waals surface area contributed by atoms with E-state index in [2.05, 4.69) is 31.2 Å². The Morgan fingerprint density at radius 3 is 2.65 bits per heavy atom. The van der Waals surface area contributed by atoms with E-state index in [-0.39, 0.29) is 6.10 Å². The fourth-order valence-corrected chi connectivity index (χ4v) is 2.71. The van der Waals surface area contributed by atoms with Gasteiger partial charge in [-0.05, 0) is 41.8 Å². The summed E-state index contributed by atoms with van der Waals surface area (Å²) in [4.78, 5) is 0. The molecule has 1 aliphatic rings. The van der Waals surface area contributed by atoms with Crippen LogP contribution in [0.3, 0.4) is 0 Å². The minimum absolute atomic E-state index is 0.101. The highest BCUT2D eigenvalue weighted by molar-refractivity contribution is 5.74. The van der Waals surface area contributed by atoms with E-state index in [4.69, 9.17) is 15.2 Å². The van der Waals surface area contributed by atoms with Gasteiger partial charge in [0.25, 0.3) is 0 Å². The summed E-state index contributed by atoms with van der Waals surface area (Å²) in [5, 5.41) is 0. The van der Waals surface area contributed by atoms with Gasteiger partial charge in [0.1, 0.15) is 17.6 Å². The molecular formula is C17H19NO2. The summed E-state index contributed by atoms with van der Waals surface area (Å²) >= 11 is 0. The Morgan fingerprint density at radius 2 is 2.00 bits per heavy atom. The third-order valence-electron chi connectivity index (χ3n) is 3.71. The average Bonchev–Trinajstić information content (AvgIpc) is 2.89. The van der Waals surface area contributed by atoms with E-state index < -0.39 is 0 Å². The normalized spacial score (nSPS) is 16.6. The van der Waals surface area contributed by atoms with Gasteiger partial charge in [0, 0.05) is 18.5 Å². The van der Waals surface area contributed by atoms with Gasteiger partial charge in [-0.25, -0.2) is 0 Å². The molecule has 0 spiro atoms. The number of aryl methyl sites for hydroxylation is 1. The molecule has 3 heteroatoms. The molecule has 2 aromatic rings. The summed E-state index contributed by atoms with van der Waals surface area (Å²) in [5.74, 6) is 1.84. The minimum Gasteiger partial charge on any atom is -0.497 e. The molecule has 3 rings (SSSR count). The topological polar surface area (TPSA) is 44.5 Å². The highest BCUT2D eigenvalue weighted by Crippen LogP contribution is 2.40. The average molecular weight is 269 g/mol. The highest BCUT2D eigenvalue weighted by Gasteiger charge is 2.25. The number of benzene rings is 2. The quantitative estimate of drug-likeness (QED) is 0.931. The van der Waals surface area contributed by atoms with E-state index in [1.165, 1.54) is 11.1 Å². The first-order chi connectivity index (χ1) is 9.71. The van der Waals surface area contributed by atoms with Gasteiger partial charge in [-0.15, -0.1) is 0 Å². The molecule has 0 aliphatic carbocycles. The lowest BCUT2D eigenvalue weighted by molar-refractivity contribution is 0.242. The lowest BCUT2D eigenvalue weighted by Gasteiger charge is -2.12. The Bertz CT molecular complexity index is 620. The largest absolute Gasteiger partial charge is 0.497 e. The van der Waals surface area contributed by atoms with Crippen LogP contribution in [0.15, 0.2) is 36.4 Å². The second kappa shape index (κ2) is 5.17. The molecule has 0 fully saturated rings. The molecule has 0 radical (unpaired) electrons. The summed E-state index contributed by atoms with van der Waals surface area (Å²) in [5.41, 5.74) is 10.5. The molecule has 1 unspecified atom stereocenters. The Hall–Kier alpha value is -2.00. The van der Waals surface area contributed by atoms with Crippen molar-refractivity contribution >= 4 is 0 Å². The number of ether oxygens (including phenoxy) is 2. The first kappa shape index (κ1) is 13.0. The maximum Gasteiger partial charge on any atom is 0.130 e. The summed E-state index contributed by atoms with van der Waals surface area (Å²) in [6.07, 6.45) is 1.00. The number of methoxy groups -OCH3 is 1. The Balaban J connectivity index is 2.05. The Morgan fingerprint density at radius 1 is 1.25 bits per heavy atom. The van der Waals surface area contributed by atoms with Crippen molar-refractivity contribution in [1.82, 2.24) is 0 Å². The van der Waals surface area contributed by atoms with Gasteiger partial charge in [-0.2, -0.15) is 0 Å². The van der Waals surface area contributed by atoms with Crippen molar-refractivity contribution in [2.45, 2.75) is 19.4 Å². The highest BCUT2D eigenvalue weighted by atomic mass is 16.5. The van der Waals surface area contributed by atoms with Gasteiger partial charge in [-0.1, -0.05) is 18.2 Å². The second-order valence-electron chi connectivity index (χ2n) is 5.21. The zero-order valence-corrected chi connectivity index (χ0v) is 11.8. The van der Waals surface area contributed by atoms with Crippen molar-refractivity contribution in [3.05, 3.63) is 47.5 Å². The Kier molecular flexibility index (Phi) is 3.36. The number of fused-ring (bicyclic) bond motifs is 1. The fraction of sp³-hybridized carbons (Fsp3) is 0.294. The molecule has 0 saturated heterocycles. The third kappa shape index (κ3) is 2.25. The monoisotopic (exact) mass is 269 g/mol. The maximum absolute atomic E-state index is 6.00. The molecule has 0 saturated carbocycles. The molecule has 0 amide bonds. The molecule has 1 heterocycles. The van der Waals surface area contributed by atoms with Crippen LogP contribution < -0.4 is 15.2 Å². The zero-order valence-electron chi connectivity index (χ0n) is 11.8. The van der Waals surface area contributed by atoms with Crippen molar-refractivity contribution in [3.63, 3.8) is 0 Å². The fourth-order valence-electron chi connectivity index (χ4n) is 2.71. The smallest absolute Gasteiger partial charge is 0.130 e. The predicted octanol–water partition coefficient (Wildman–Crippen LogP) is 2.93. The van der Waals surface area contributed by atoms with Crippen LogP contribution in [0.5, 0.6) is 11.5 Å². The zero-order chi connectivity index (χ0) is 14.1. The van der Waals surface area contributed by atoms with E-state index in [0.717, 1.165) is 29.0 Å². The van der Waals surface area contributed by atoms with Gasteiger partial charge >= 0.3 is 0 Å². The number of hydrogen-bond donors (Lipinski definition) is 1. The minimum atomic E-state index is 0.101. The summed E-state index contributed by atoms with van der Waals surface area (Å²) in [7, 11) is 1.67. The van der Waals surface area contributed by atoms with Crippen LogP contribution in [0.25, 0.3) is 11.1 Å². The van der Waals surface area contributed by atoms with Crippen LogP contribution in [0, 0.1) is 6.92 Å². The van der Waals surface area contributed by atoms with Crippen LogP contribution in [-0.2, 0) is 6.42 Å².